The minimum atomic E-state index is 0.575. The van der Waals surface area contributed by atoms with Crippen LogP contribution in [-0.2, 0) is 0 Å². The first-order chi connectivity index (χ1) is 5.74. The van der Waals surface area contributed by atoms with E-state index in [0.29, 0.717) is 6.42 Å². The maximum atomic E-state index is 8.38. The molecule has 2 nitrogen and oxygen atoms in total. The first kappa shape index (κ1) is 9.56. The van der Waals surface area contributed by atoms with Crippen molar-refractivity contribution in [2.75, 3.05) is 18.5 Å². The van der Waals surface area contributed by atoms with Gasteiger partial charge in [0, 0.05) is 23.4 Å². The van der Waals surface area contributed by atoms with Crippen LogP contribution < -0.4 is 4.90 Å². The van der Waals surface area contributed by atoms with Crippen LogP contribution in [0.5, 0.6) is 0 Å². The number of nitrogens with zero attached hydrogens (tertiary/aromatic N) is 2. The van der Waals surface area contributed by atoms with Crippen LogP contribution in [-0.4, -0.2) is 13.6 Å². The zero-order valence-electron chi connectivity index (χ0n) is 6.75. The zero-order valence-corrected chi connectivity index (χ0v) is 9.15. The van der Waals surface area contributed by atoms with Gasteiger partial charge in [0.2, 0.25) is 0 Å². The lowest BCUT2D eigenvalue weighted by atomic mass is 10.4. The highest BCUT2D eigenvalue weighted by Crippen LogP contribution is 2.27. The fraction of sp³-hybridized carbons (Fsp3) is 0.375. The van der Waals surface area contributed by atoms with Crippen LogP contribution in [0, 0.1) is 11.3 Å². The number of anilines is 1. The van der Waals surface area contributed by atoms with Crippen LogP contribution in [0.3, 0.4) is 0 Å². The van der Waals surface area contributed by atoms with Gasteiger partial charge < -0.3 is 4.90 Å². The van der Waals surface area contributed by atoms with Gasteiger partial charge in [-0.1, -0.05) is 0 Å². The van der Waals surface area contributed by atoms with Crippen LogP contribution >= 0.6 is 27.3 Å². The Morgan fingerprint density at radius 2 is 2.50 bits per heavy atom. The molecule has 0 unspecified atom stereocenters. The molecule has 0 atom stereocenters. The van der Waals surface area contributed by atoms with Gasteiger partial charge >= 0.3 is 0 Å². The van der Waals surface area contributed by atoms with Crippen molar-refractivity contribution in [3.05, 3.63) is 15.9 Å². The van der Waals surface area contributed by atoms with E-state index in [0.717, 1.165) is 11.0 Å². The standard InChI is InChI=1S/C8H9BrN2S/c1-11(4-2-3-10)8-5-7(9)6-12-8/h5-6H,2,4H2,1H3. The minimum Gasteiger partial charge on any atom is -0.365 e. The highest BCUT2D eigenvalue weighted by molar-refractivity contribution is 9.10. The molecule has 1 aromatic heterocycles. The van der Waals surface area contributed by atoms with Crippen LogP contribution in [0.4, 0.5) is 5.00 Å². The second kappa shape index (κ2) is 4.48. The van der Waals surface area contributed by atoms with E-state index in [4.69, 9.17) is 5.26 Å². The largest absolute Gasteiger partial charge is 0.365 e. The van der Waals surface area contributed by atoms with Crippen LogP contribution in [0.2, 0.25) is 0 Å². The molecule has 0 bridgehead atoms. The maximum absolute atomic E-state index is 8.38. The molecule has 0 aromatic carbocycles. The smallest absolute Gasteiger partial charge is 0.0917 e. The molecule has 0 saturated heterocycles. The summed E-state index contributed by atoms with van der Waals surface area (Å²) in [6.07, 6.45) is 0.575. The molecule has 0 saturated carbocycles. The second-order valence-electron chi connectivity index (χ2n) is 2.43. The molecule has 0 fully saturated rings. The van der Waals surface area contributed by atoms with Gasteiger partial charge in [0.05, 0.1) is 17.5 Å². The molecule has 0 aliphatic heterocycles. The molecule has 1 rings (SSSR count). The van der Waals surface area contributed by atoms with Crippen molar-refractivity contribution < 1.29 is 0 Å². The molecule has 1 heterocycles. The summed E-state index contributed by atoms with van der Waals surface area (Å²) < 4.78 is 1.10. The predicted molar refractivity (Wildman–Crippen MR) is 55.5 cm³/mol. The third-order valence-electron chi connectivity index (χ3n) is 1.49. The first-order valence-corrected chi connectivity index (χ1v) is 5.23. The summed E-state index contributed by atoms with van der Waals surface area (Å²) in [5.74, 6) is 0. The fourth-order valence-electron chi connectivity index (χ4n) is 0.831. The normalized spacial score (nSPS) is 9.42. The molecule has 0 amide bonds. The summed E-state index contributed by atoms with van der Waals surface area (Å²) >= 11 is 5.07. The van der Waals surface area contributed by atoms with Gasteiger partial charge in [-0.05, 0) is 22.0 Å². The van der Waals surface area contributed by atoms with E-state index >= 15 is 0 Å². The lowest BCUT2D eigenvalue weighted by Gasteiger charge is -2.13. The van der Waals surface area contributed by atoms with Crippen molar-refractivity contribution >= 4 is 32.3 Å². The van der Waals surface area contributed by atoms with E-state index in [9.17, 15) is 0 Å². The van der Waals surface area contributed by atoms with E-state index in [2.05, 4.69) is 33.0 Å². The zero-order chi connectivity index (χ0) is 8.97. The average Bonchev–Trinajstić information content (AvgIpc) is 2.47. The molecule has 0 aliphatic carbocycles. The van der Waals surface area contributed by atoms with E-state index in [1.807, 2.05) is 12.4 Å². The van der Waals surface area contributed by atoms with Crippen molar-refractivity contribution in [2.45, 2.75) is 6.42 Å². The third-order valence-corrected chi connectivity index (χ3v) is 3.29. The molecular formula is C8H9BrN2S. The molecule has 0 radical (unpaired) electrons. The van der Waals surface area contributed by atoms with E-state index < -0.39 is 0 Å². The van der Waals surface area contributed by atoms with Gasteiger partial charge in [-0.15, -0.1) is 11.3 Å². The van der Waals surface area contributed by atoms with Crippen LogP contribution in [0.15, 0.2) is 15.9 Å². The van der Waals surface area contributed by atoms with Gasteiger partial charge in [0.25, 0.3) is 0 Å². The van der Waals surface area contributed by atoms with E-state index in [1.165, 1.54) is 5.00 Å². The number of halogens is 1. The lowest BCUT2D eigenvalue weighted by molar-refractivity contribution is 0.915. The quantitative estimate of drug-likeness (QED) is 0.818. The Labute approximate surface area is 84.6 Å². The third kappa shape index (κ3) is 2.50. The molecular weight excluding hydrogens is 236 g/mol. The molecule has 0 spiro atoms. The Hall–Kier alpha value is -0.530. The molecule has 64 valence electrons. The first-order valence-electron chi connectivity index (χ1n) is 3.56. The Bertz CT molecular complexity index is 289. The van der Waals surface area contributed by atoms with Crippen molar-refractivity contribution in [1.82, 2.24) is 0 Å². The van der Waals surface area contributed by atoms with Crippen molar-refractivity contribution in [3.63, 3.8) is 0 Å². The topological polar surface area (TPSA) is 27.0 Å². The number of hydrogen-bond acceptors (Lipinski definition) is 3. The van der Waals surface area contributed by atoms with Gasteiger partial charge in [0.1, 0.15) is 0 Å². The summed E-state index contributed by atoms with van der Waals surface area (Å²) in [7, 11) is 2.00. The van der Waals surface area contributed by atoms with Gasteiger partial charge in [-0.3, -0.25) is 0 Å². The molecule has 1 aromatic rings. The summed E-state index contributed by atoms with van der Waals surface area (Å²) in [6.45, 7) is 0.795. The van der Waals surface area contributed by atoms with Crippen molar-refractivity contribution in [2.24, 2.45) is 0 Å². The van der Waals surface area contributed by atoms with Gasteiger partial charge in [-0.2, -0.15) is 5.26 Å². The SMILES string of the molecule is CN(CCC#N)c1cc(Br)cs1. The number of thiophene rings is 1. The monoisotopic (exact) mass is 244 g/mol. The summed E-state index contributed by atoms with van der Waals surface area (Å²) in [6, 6.07) is 4.18. The number of nitriles is 1. The van der Waals surface area contributed by atoms with E-state index in [-0.39, 0.29) is 0 Å². The van der Waals surface area contributed by atoms with Gasteiger partial charge in [-0.25, -0.2) is 0 Å². The number of hydrogen-bond donors (Lipinski definition) is 0. The van der Waals surface area contributed by atoms with Crippen LogP contribution in [0.25, 0.3) is 0 Å². The lowest BCUT2D eigenvalue weighted by Crippen LogP contribution is -2.16. The summed E-state index contributed by atoms with van der Waals surface area (Å²) in [4.78, 5) is 2.08. The molecule has 0 N–H and O–H groups in total. The Morgan fingerprint density at radius 3 is 3.00 bits per heavy atom. The summed E-state index contributed by atoms with van der Waals surface area (Å²) in [5.41, 5.74) is 0. The molecule has 12 heavy (non-hydrogen) atoms. The number of rotatable bonds is 3. The highest BCUT2D eigenvalue weighted by Gasteiger charge is 2.02. The fourth-order valence-corrected chi connectivity index (χ4v) is 2.25. The maximum Gasteiger partial charge on any atom is 0.0917 e. The molecule has 4 heteroatoms. The molecule has 0 aliphatic rings. The van der Waals surface area contributed by atoms with Crippen LogP contribution in [0.1, 0.15) is 6.42 Å². The highest BCUT2D eigenvalue weighted by atomic mass is 79.9. The summed E-state index contributed by atoms with van der Waals surface area (Å²) in [5, 5.41) is 11.6. The predicted octanol–water partition coefficient (Wildman–Crippen LogP) is 2.86. The Kier molecular flexibility index (Phi) is 3.57. The average molecular weight is 245 g/mol. The Morgan fingerprint density at radius 1 is 1.75 bits per heavy atom. The van der Waals surface area contributed by atoms with Crippen molar-refractivity contribution in [3.8, 4) is 6.07 Å². The van der Waals surface area contributed by atoms with E-state index in [1.54, 1.807) is 11.3 Å². The Balaban J connectivity index is 2.54. The van der Waals surface area contributed by atoms with Crippen molar-refractivity contribution in [1.29, 1.82) is 5.26 Å². The van der Waals surface area contributed by atoms with Gasteiger partial charge in [0.15, 0.2) is 0 Å². The second-order valence-corrected chi connectivity index (χ2v) is 4.24. The minimum absolute atomic E-state index is 0.575.